The molecule has 4 nitrogen and oxygen atoms in total. The van der Waals surface area contributed by atoms with Crippen molar-refractivity contribution < 1.29 is 9.47 Å². The van der Waals surface area contributed by atoms with Crippen LogP contribution in [0.2, 0.25) is 0 Å². The number of ether oxygens (including phenoxy) is 2. The van der Waals surface area contributed by atoms with E-state index in [1.165, 1.54) is 11.1 Å². The van der Waals surface area contributed by atoms with Gasteiger partial charge in [-0.3, -0.25) is 10.6 Å². The zero-order valence-corrected chi connectivity index (χ0v) is 18.2. The van der Waals surface area contributed by atoms with Crippen LogP contribution in [0.3, 0.4) is 0 Å². The molecule has 2 aliphatic heterocycles. The largest absolute Gasteiger partial charge is 0.348 e. The zero-order chi connectivity index (χ0) is 18.2. The minimum Gasteiger partial charge on any atom is -0.348 e. The van der Waals surface area contributed by atoms with Crippen molar-refractivity contribution in [3.63, 3.8) is 0 Å². The maximum atomic E-state index is 5.49. The molecule has 0 bridgehead atoms. The standard InChI is InChI=1S/2C11H15NO.2ClH/c2*1-2-8-12-11-10(13-11)9-6-4-3-5-7-9;;/h2*3-7,10-12H,2,8H2,1H3;2*1H. The number of hydrogen-bond donors (Lipinski definition) is 2. The van der Waals surface area contributed by atoms with Gasteiger partial charge in [-0.15, -0.1) is 24.8 Å². The Balaban J connectivity index is 0.000000261. The predicted octanol–water partition coefficient (Wildman–Crippen LogP) is 5.01. The van der Waals surface area contributed by atoms with Crippen molar-refractivity contribution >= 4 is 24.8 Å². The molecule has 0 spiro atoms. The summed E-state index contributed by atoms with van der Waals surface area (Å²) < 4.78 is 11.0. The molecule has 4 unspecified atom stereocenters. The summed E-state index contributed by atoms with van der Waals surface area (Å²) in [7, 11) is 0. The predicted molar refractivity (Wildman–Crippen MR) is 119 cm³/mol. The second kappa shape index (κ2) is 13.2. The number of benzene rings is 2. The lowest BCUT2D eigenvalue weighted by atomic mass is 10.1. The van der Waals surface area contributed by atoms with Gasteiger partial charge in [0.1, 0.15) is 24.7 Å². The van der Waals surface area contributed by atoms with E-state index in [0.717, 1.165) is 25.9 Å². The van der Waals surface area contributed by atoms with Crippen LogP contribution >= 0.6 is 24.8 Å². The van der Waals surface area contributed by atoms with E-state index in [-0.39, 0.29) is 49.5 Å². The van der Waals surface area contributed by atoms with E-state index < -0.39 is 0 Å². The van der Waals surface area contributed by atoms with Gasteiger partial charge in [0.05, 0.1) is 0 Å². The topological polar surface area (TPSA) is 49.1 Å². The molecule has 2 heterocycles. The summed E-state index contributed by atoms with van der Waals surface area (Å²) in [5.74, 6) is 0. The molecule has 6 heteroatoms. The molecule has 2 aromatic carbocycles. The van der Waals surface area contributed by atoms with Crippen LogP contribution in [-0.2, 0) is 9.47 Å². The highest BCUT2D eigenvalue weighted by Crippen LogP contribution is 2.37. The van der Waals surface area contributed by atoms with Crippen molar-refractivity contribution in [1.82, 2.24) is 10.6 Å². The van der Waals surface area contributed by atoms with Crippen LogP contribution in [0.4, 0.5) is 0 Å². The van der Waals surface area contributed by atoms with Gasteiger partial charge in [-0.05, 0) is 37.1 Å². The fourth-order valence-corrected chi connectivity index (χ4v) is 2.90. The fourth-order valence-electron chi connectivity index (χ4n) is 2.90. The fraction of sp³-hybridized carbons (Fsp3) is 0.455. The van der Waals surface area contributed by atoms with Crippen molar-refractivity contribution in [3.05, 3.63) is 71.8 Å². The van der Waals surface area contributed by atoms with Gasteiger partial charge in [0.2, 0.25) is 0 Å². The first-order chi connectivity index (χ1) is 12.8. The molecule has 0 aromatic heterocycles. The molecular weight excluding hydrogens is 395 g/mol. The van der Waals surface area contributed by atoms with Crippen LogP contribution in [0.15, 0.2) is 60.7 Å². The average molecular weight is 427 g/mol. The molecule has 4 atom stereocenters. The smallest absolute Gasteiger partial charge is 0.139 e. The molecule has 0 aliphatic carbocycles. The van der Waals surface area contributed by atoms with Crippen molar-refractivity contribution in [2.24, 2.45) is 0 Å². The molecular formula is C22H32Cl2N2O2. The van der Waals surface area contributed by atoms with E-state index in [1.807, 2.05) is 36.4 Å². The van der Waals surface area contributed by atoms with Crippen LogP contribution in [-0.4, -0.2) is 25.5 Å². The summed E-state index contributed by atoms with van der Waals surface area (Å²) >= 11 is 0. The normalized spacial score (nSPS) is 24.1. The SMILES string of the molecule is CCCNC1OC1c1ccccc1.CCCNC1OC1c1ccccc1.Cl.Cl. The summed E-state index contributed by atoms with van der Waals surface area (Å²) in [5.41, 5.74) is 2.55. The first-order valence-electron chi connectivity index (χ1n) is 9.71. The van der Waals surface area contributed by atoms with Gasteiger partial charge >= 0.3 is 0 Å². The molecule has 2 aromatic rings. The lowest BCUT2D eigenvalue weighted by Gasteiger charge is -1.96. The van der Waals surface area contributed by atoms with Crippen molar-refractivity contribution in [1.29, 1.82) is 0 Å². The lowest BCUT2D eigenvalue weighted by molar-refractivity contribution is 0.347. The average Bonchev–Trinajstić information content (AvgIpc) is 3.62. The Labute approximate surface area is 181 Å². The van der Waals surface area contributed by atoms with Gasteiger partial charge in [-0.25, -0.2) is 0 Å². The van der Waals surface area contributed by atoms with E-state index >= 15 is 0 Å². The summed E-state index contributed by atoms with van der Waals surface area (Å²) in [6.45, 7) is 6.39. The van der Waals surface area contributed by atoms with E-state index in [2.05, 4.69) is 48.7 Å². The summed E-state index contributed by atoms with van der Waals surface area (Å²) in [6.07, 6.45) is 3.38. The Morgan fingerprint density at radius 3 is 1.32 bits per heavy atom. The Bertz CT molecular complexity index is 588. The van der Waals surface area contributed by atoms with Gasteiger partial charge in [0.25, 0.3) is 0 Å². The molecule has 0 radical (unpaired) electrons. The number of nitrogens with one attached hydrogen (secondary N) is 2. The molecule has 2 aliphatic rings. The Morgan fingerprint density at radius 2 is 1.00 bits per heavy atom. The van der Waals surface area contributed by atoms with Gasteiger partial charge in [0, 0.05) is 0 Å². The van der Waals surface area contributed by atoms with Crippen LogP contribution in [0.25, 0.3) is 0 Å². The van der Waals surface area contributed by atoms with Crippen molar-refractivity contribution in [3.8, 4) is 0 Å². The molecule has 2 saturated heterocycles. The van der Waals surface area contributed by atoms with Gasteiger partial charge in [-0.1, -0.05) is 74.5 Å². The Morgan fingerprint density at radius 1 is 0.643 bits per heavy atom. The second-order valence-electron chi connectivity index (χ2n) is 6.68. The van der Waals surface area contributed by atoms with Gasteiger partial charge in [0.15, 0.2) is 0 Å². The number of hydrogen-bond acceptors (Lipinski definition) is 4. The zero-order valence-electron chi connectivity index (χ0n) is 16.5. The molecule has 28 heavy (non-hydrogen) atoms. The summed E-state index contributed by atoms with van der Waals surface area (Å²) in [6, 6.07) is 20.7. The second-order valence-corrected chi connectivity index (χ2v) is 6.68. The molecule has 0 amide bonds. The third kappa shape index (κ3) is 7.70. The highest BCUT2D eigenvalue weighted by Gasteiger charge is 2.39. The quantitative estimate of drug-likeness (QED) is 0.582. The highest BCUT2D eigenvalue weighted by molar-refractivity contribution is 5.85. The maximum absolute atomic E-state index is 5.49. The van der Waals surface area contributed by atoms with E-state index in [9.17, 15) is 0 Å². The third-order valence-corrected chi connectivity index (χ3v) is 4.43. The van der Waals surface area contributed by atoms with Crippen LogP contribution in [0.1, 0.15) is 50.0 Å². The van der Waals surface area contributed by atoms with Crippen LogP contribution < -0.4 is 10.6 Å². The van der Waals surface area contributed by atoms with E-state index in [1.54, 1.807) is 0 Å². The molecule has 0 saturated carbocycles. The molecule has 156 valence electrons. The third-order valence-electron chi connectivity index (χ3n) is 4.43. The molecule has 2 N–H and O–H groups in total. The molecule has 4 rings (SSSR count). The molecule has 2 fully saturated rings. The van der Waals surface area contributed by atoms with E-state index in [4.69, 9.17) is 9.47 Å². The van der Waals surface area contributed by atoms with Gasteiger partial charge < -0.3 is 9.47 Å². The first-order valence-corrected chi connectivity index (χ1v) is 9.71. The van der Waals surface area contributed by atoms with E-state index in [0.29, 0.717) is 0 Å². The summed E-state index contributed by atoms with van der Waals surface area (Å²) in [4.78, 5) is 0. The minimum atomic E-state index is 0. The van der Waals surface area contributed by atoms with Crippen molar-refractivity contribution in [2.45, 2.75) is 51.4 Å². The lowest BCUT2D eigenvalue weighted by Crippen LogP contribution is -2.18. The van der Waals surface area contributed by atoms with Crippen molar-refractivity contribution in [2.75, 3.05) is 13.1 Å². The number of rotatable bonds is 8. The van der Waals surface area contributed by atoms with Gasteiger partial charge in [-0.2, -0.15) is 0 Å². The summed E-state index contributed by atoms with van der Waals surface area (Å²) in [5, 5.41) is 6.67. The first kappa shape index (κ1) is 24.9. The minimum absolute atomic E-state index is 0. The maximum Gasteiger partial charge on any atom is 0.139 e. The monoisotopic (exact) mass is 426 g/mol. The Kier molecular flexibility index (Phi) is 11.7. The highest BCUT2D eigenvalue weighted by atomic mass is 35.5. The number of epoxide rings is 2. The Hall–Kier alpha value is -1.14. The van der Waals surface area contributed by atoms with Crippen LogP contribution in [0.5, 0.6) is 0 Å². The van der Waals surface area contributed by atoms with Crippen LogP contribution in [0, 0.1) is 0 Å². The number of halogens is 2.